The molecule has 1 fully saturated rings. The number of carbonyl (C=O) groups is 3. The van der Waals surface area contributed by atoms with Crippen LogP contribution in [0.4, 0.5) is 0 Å². The molecule has 4 atom stereocenters. The molecular formula is C27H34ClN7O5S2. The van der Waals surface area contributed by atoms with Gasteiger partial charge in [0.1, 0.15) is 12.0 Å². The molecule has 8 N–H and O–H groups in total. The number of benzene rings is 2. The molecule has 42 heavy (non-hydrogen) atoms. The number of likely N-dealkylation sites (tertiary alicyclic amines) is 1. The number of primary sulfonamides is 1. The van der Waals surface area contributed by atoms with Crippen molar-refractivity contribution < 1.29 is 22.8 Å². The van der Waals surface area contributed by atoms with E-state index < -0.39 is 40.2 Å². The molecule has 2 aromatic carbocycles. The summed E-state index contributed by atoms with van der Waals surface area (Å²) < 4.78 is 24.4. The molecule has 0 aliphatic carbocycles. The Hall–Kier alpha value is -3.14. The largest absolute Gasteiger partial charge is 0.370 e. The number of aromatic nitrogens is 1. The molecular weight excluding hydrogens is 602 g/mol. The van der Waals surface area contributed by atoms with Crippen molar-refractivity contribution in [1.82, 2.24) is 20.5 Å². The van der Waals surface area contributed by atoms with Gasteiger partial charge in [0.25, 0.3) is 0 Å². The molecule has 1 aliphatic rings. The van der Waals surface area contributed by atoms with Crippen LogP contribution in [-0.2, 0) is 30.8 Å². The smallest absolute Gasteiger partial charge is 0.239 e. The second-order valence-corrected chi connectivity index (χ2v) is 13.3. The number of rotatable bonds is 11. The first-order valence-corrected chi connectivity index (χ1v) is 16.2. The third-order valence-corrected chi connectivity index (χ3v) is 9.30. The summed E-state index contributed by atoms with van der Waals surface area (Å²) in [6.07, 6.45) is 0.219. The number of halogens is 1. The lowest BCUT2D eigenvalue weighted by Gasteiger charge is -2.39. The number of piperidine rings is 1. The van der Waals surface area contributed by atoms with Gasteiger partial charge in [0.15, 0.2) is 0 Å². The molecule has 15 heteroatoms. The van der Waals surface area contributed by atoms with Gasteiger partial charge in [-0.2, -0.15) is 0 Å². The molecule has 3 aromatic rings. The van der Waals surface area contributed by atoms with Crippen molar-refractivity contribution in [3.63, 3.8) is 0 Å². The van der Waals surface area contributed by atoms with Crippen LogP contribution in [0, 0.1) is 0 Å². The van der Waals surface area contributed by atoms with Gasteiger partial charge in [0, 0.05) is 12.5 Å². The zero-order valence-electron chi connectivity index (χ0n) is 23.0. The van der Waals surface area contributed by atoms with Crippen molar-refractivity contribution in [1.29, 1.82) is 0 Å². The summed E-state index contributed by atoms with van der Waals surface area (Å²) in [6, 6.07) is 11.5. The Morgan fingerprint density at radius 1 is 1.17 bits per heavy atom. The Balaban J connectivity index is 1.49. The summed E-state index contributed by atoms with van der Waals surface area (Å²) in [5, 5.41) is 11.8. The van der Waals surface area contributed by atoms with Gasteiger partial charge in [-0.25, -0.2) is 18.5 Å². The normalized spacial score (nSPS) is 18.9. The van der Waals surface area contributed by atoms with Crippen LogP contribution in [0.2, 0.25) is 0 Å². The Labute approximate surface area is 253 Å². The number of nitrogens with two attached hydrogens (primary N) is 3. The van der Waals surface area contributed by atoms with Crippen molar-refractivity contribution in [2.24, 2.45) is 16.6 Å². The molecule has 1 aliphatic heterocycles. The summed E-state index contributed by atoms with van der Waals surface area (Å²) in [4.78, 5) is 43.8. The van der Waals surface area contributed by atoms with Crippen LogP contribution in [0.25, 0.3) is 10.2 Å². The van der Waals surface area contributed by atoms with Crippen LogP contribution in [0.15, 0.2) is 47.4 Å². The van der Waals surface area contributed by atoms with Crippen molar-refractivity contribution in [2.75, 3.05) is 12.4 Å². The van der Waals surface area contributed by atoms with Crippen molar-refractivity contribution in [3.8, 4) is 0 Å². The Bertz CT molecular complexity index is 1580. The Morgan fingerprint density at radius 2 is 1.90 bits per heavy atom. The summed E-state index contributed by atoms with van der Waals surface area (Å²) in [7, 11) is -3.80. The summed E-state index contributed by atoms with van der Waals surface area (Å²) in [6.45, 7) is 1.95. The lowest BCUT2D eigenvalue weighted by molar-refractivity contribution is -0.137. The lowest BCUT2D eigenvalue weighted by Crippen LogP contribution is -2.59. The average molecular weight is 636 g/mol. The van der Waals surface area contributed by atoms with Gasteiger partial charge in [-0.15, -0.1) is 22.9 Å². The fourth-order valence-electron chi connectivity index (χ4n) is 5.03. The topological polar surface area (TPSA) is 204 Å². The highest BCUT2D eigenvalue weighted by Gasteiger charge is 2.35. The van der Waals surface area contributed by atoms with Crippen molar-refractivity contribution >= 4 is 60.9 Å². The van der Waals surface area contributed by atoms with Crippen LogP contribution in [0.3, 0.4) is 0 Å². The first-order chi connectivity index (χ1) is 19.8. The third kappa shape index (κ3) is 8.02. The first-order valence-electron chi connectivity index (χ1n) is 13.3. The minimum Gasteiger partial charge on any atom is -0.370 e. The number of hydrogen-bond acceptors (Lipinski definition) is 9. The average Bonchev–Trinajstić information content (AvgIpc) is 3.35. The SMILES string of the molecule is CC(N)NC(CC(N)=O)C(=O)NC1CCC(c2nc3cc(Cc4cccc(S(N)(=O)=O)c4)ccc3s2)CN1C(=O)CCl. The number of amides is 3. The van der Waals surface area contributed by atoms with Crippen molar-refractivity contribution in [2.45, 2.75) is 61.8 Å². The second-order valence-electron chi connectivity index (χ2n) is 10.4. The molecule has 0 saturated carbocycles. The van der Waals surface area contributed by atoms with Gasteiger partial charge in [0.2, 0.25) is 27.7 Å². The number of thiazole rings is 1. The van der Waals surface area contributed by atoms with Gasteiger partial charge < -0.3 is 21.7 Å². The van der Waals surface area contributed by atoms with Crippen molar-refractivity contribution in [3.05, 3.63) is 58.6 Å². The van der Waals surface area contributed by atoms with Crippen LogP contribution in [-0.4, -0.2) is 66.8 Å². The van der Waals surface area contributed by atoms with E-state index in [4.69, 9.17) is 33.2 Å². The summed E-state index contributed by atoms with van der Waals surface area (Å²) >= 11 is 7.46. The molecule has 226 valence electrons. The molecule has 4 unspecified atom stereocenters. The van der Waals surface area contributed by atoms with E-state index in [1.807, 2.05) is 24.3 Å². The molecule has 4 rings (SSSR count). The van der Waals surface area contributed by atoms with Gasteiger partial charge in [-0.1, -0.05) is 18.2 Å². The number of nitrogens with one attached hydrogen (secondary N) is 2. The molecule has 0 bridgehead atoms. The van der Waals surface area contributed by atoms with Crippen LogP contribution >= 0.6 is 22.9 Å². The summed E-state index contributed by atoms with van der Waals surface area (Å²) in [5.74, 6) is -1.79. The zero-order chi connectivity index (χ0) is 30.6. The van der Waals surface area contributed by atoms with E-state index in [2.05, 4.69) is 10.6 Å². The highest BCUT2D eigenvalue weighted by atomic mass is 35.5. The number of primary amides is 1. The molecule has 12 nitrogen and oxygen atoms in total. The molecule has 0 spiro atoms. The standard InChI is InChI=1S/C27H34ClN7O5S2/c1-15(29)32-21(12-23(30)36)26(38)34-24-8-6-18(14-35(24)25(37)13-28)27-33-20-11-17(5-7-22(20)41-27)9-16-3-2-4-19(10-16)42(31,39)40/h2-5,7,10-11,15,18,21,24,32H,6,8-9,12-14,29H2,1H3,(H2,30,36)(H,34,38)(H2,31,39,40). The quantitative estimate of drug-likeness (QED) is 0.152. The van der Waals surface area contributed by atoms with E-state index >= 15 is 0 Å². The molecule has 1 aromatic heterocycles. The number of sulfonamides is 1. The number of fused-ring (bicyclic) bond motifs is 1. The van der Waals surface area contributed by atoms with Gasteiger partial charge in [-0.05, 0) is 61.6 Å². The lowest BCUT2D eigenvalue weighted by atomic mass is 9.96. The van der Waals surface area contributed by atoms with Gasteiger partial charge in [0.05, 0.1) is 38.7 Å². The predicted molar refractivity (Wildman–Crippen MR) is 161 cm³/mol. The minimum atomic E-state index is -3.80. The maximum atomic E-state index is 13.0. The minimum absolute atomic E-state index is 0.0634. The number of alkyl halides is 1. The fourth-order valence-corrected chi connectivity index (χ4v) is 6.84. The van der Waals surface area contributed by atoms with E-state index in [0.29, 0.717) is 25.8 Å². The first kappa shape index (κ1) is 31.8. The second kappa shape index (κ2) is 13.4. The number of nitrogens with zero attached hydrogens (tertiary/aromatic N) is 2. The highest BCUT2D eigenvalue weighted by molar-refractivity contribution is 7.89. The van der Waals surface area contributed by atoms with Crippen LogP contribution in [0.5, 0.6) is 0 Å². The number of carbonyl (C=O) groups excluding carboxylic acids is 3. The maximum absolute atomic E-state index is 13.0. The van der Waals surface area contributed by atoms with Crippen LogP contribution < -0.4 is 27.2 Å². The highest BCUT2D eigenvalue weighted by Crippen LogP contribution is 2.35. The third-order valence-electron chi connectivity index (χ3n) is 6.96. The predicted octanol–water partition coefficient (Wildman–Crippen LogP) is 1.06. The molecule has 2 heterocycles. The monoisotopic (exact) mass is 635 g/mol. The van der Waals surface area contributed by atoms with E-state index in [1.165, 1.54) is 17.4 Å². The fraction of sp³-hybridized carbons (Fsp3) is 0.407. The molecule has 1 saturated heterocycles. The van der Waals surface area contributed by atoms with E-state index in [-0.39, 0.29) is 29.0 Å². The van der Waals surface area contributed by atoms with Gasteiger partial charge >= 0.3 is 0 Å². The Morgan fingerprint density at radius 3 is 2.57 bits per heavy atom. The molecule has 0 radical (unpaired) electrons. The Kier molecular flexibility index (Phi) is 10.2. The van der Waals surface area contributed by atoms with E-state index in [1.54, 1.807) is 24.0 Å². The number of hydrogen-bond donors (Lipinski definition) is 5. The maximum Gasteiger partial charge on any atom is 0.239 e. The van der Waals surface area contributed by atoms with E-state index in [0.717, 1.165) is 26.4 Å². The van der Waals surface area contributed by atoms with Gasteiger partial charge in [-0.3, -0.25) is 19.7 Å². The van der Waals surface area contributed by atoms with E-state index in [9.17, 15) is 22.8 Å². The zero-order valence-corrected chi connectivity index (χ0v) is 25.3. The molecule has 3 amide bonds. The van der Waals surface area contributed by atoms with Crippen LogP contribution in [0.1, 0.15) is 48.2 Å². The summed E-state index contributed by atoms with van der Waals surface area (Å²) in [5.41, 5.74) is 13.6.